The molecule has 2 aliphatic heterocycles. The Labute approximate surface area is 273 Å². The van der Waals surface area contributed by atoms with Gasteiger partial charge < -0.3 is 29.5 Å². The molecule has 0 spiro atoms. The minimum Gasteiger partial charge on any atom is -0.477 e. The van der Waals surface area contributed by atoms with E-state index in [-0.39, 0.29) is 34.5 Å². The number of esters is 2. The molecular formula is C28H37N5O11S2. The number of nitrogens with zero attached hydrogens (tertiary/aromatic N) is 3. The number of hydrogen-bond donors (Lipinski definition) is 3. The number of nitrogens with one attached hydrogen (secondary N) is 2. The number of rotatable bonds is 10. The van der Waals surface area contributed by atoms with Crippen molar-refractivity contribution in [3.8, 4) is 0 Å². The Morgan fingerprint density at radius 2 is 1.70 bits per heavy atom. The number of carbonyl (C=O) groups excluding carboxylic acids is 5. The number of thiazole rings is 1. The number of ether oxygens (including phenoxy) is 3. The van der Waals surface area contributed by atoms with Gasteiger partial charge in [-0.2, -0.15) is 0 Å². The third kappa shape index (κ3) is 9.18. The van der Waals surface area contributed by atoms with Gasteiger partial charge in [-0.1, -0.05) is 5.16 Å². The van der Waals surface area contributed by atoms with Gasteiger partial charge in [-0.15, -0.1) is 23.1 Å². The van der Waals surface area contributed by atoms with Crippen molar-refractivity contribution in [3.63, 3.8) is 0 Å². The van der Waals surface area contributed by atoms with Crippen LogP contribution in [0.5, 0.6) is 0 Å². The molecule has 3 heterocycles. The molecule has 16 nitrogen and oxygen atoms in total. The lowest BCUT2D eigenvalue weighted by Gasteiger charge is -2.49. The Morgan fingerprint density at radius 1 is 1.07 bits per heavy atom. The molecule has 0 radical (unpaired) electrons. The Hall–Kier alpha value is -4.19. The van der Waals surface area contributed by atoms with E-state index >= 15 is 0 Å². The molecule has 3 amide bonds. The van der Waals surface area contributed by atoms with Gasteiger partial charge in [0.25, 0.3) is 11.8 Å². The lowest BCUT2D eigenvalue weighted by Crippen LogP contribution is -2.71. The summed E-state index contributed by atoms with van der Waals surface area (Å²) in [5.41, 5.74) is -3.88. The Kier molecular flexibility index (Phi) is 10.8. The minimum absolute atomic E-state index is 0.0569. The van der Waals surface area contributed by atoms with Gasteiger partial charge in [0, 0.05) is 23.6 Å². The van der Waals surface area contributed by atoms with Crippen LogP contribution in [0.4, 0.5) is 9.93 Å². The summed E-state index contributed by atoms with van der Waals surface area (Å²) in [5.74, 6) is -4.30. The smallest absolute Gasteiger partial charge is 0.413 e. The highest BCUT2D eigenvalue weighted by Gasteiger charge is 2.54. The molecular weight excluding hydrogens is 646 g/mol. The topological polar surface area (TPSA) is 212 Å². The van der Waals surface area contributed by atoms with E-state index in [2.05, 4.69) is 20.8 Å². The number of aromatic nitrogens is 1. The fourth-order valence-electron chi connectivity index (χ4n) is 3.83. The van der Waals surface area contributed by atoms with Crippen molar-refractivity contribution in [2.75, 3.05) is 17.7 Å². The van der Waals surface area contributed by atoms with E-state index in [1.807, 2.05) is 0 Å². The van der Waals surface area contributed by atoms with Crippen molar-refractivity contribution >= 4 is 69.8 Å². The van der Waals surface area contributed by atoms with Crippen LogP contribution in [0.3, 0.4) is 0 Å². The van der Waals surface area contributed by atoms with E-state index in [9.17, 15) is 33.9 Å². The molecule has 2 aliphatic rings. The van der Waals surface area contributed by atoms with Crippen LogP contribution in [0, 0.1) is 0 Å². The molecule has 0 aliphatic carbocycles. The largest absolute Gasteiger partial charge is 0.477 e. The molecule has 18 heteroatoms. The number of β-lactam (4-membered cyclic amide) rings is 1. The summed E-state index contributed by atoms with van der Waals surface area (Å²) in [6.45, 7) is 13.7. The zero-order valence-electron chi connectivity index (χ0n) is 26.8. The lowest BCUT2D eigenvalue weighted by atomic mass is 10.0. The van der Waals surface area contributed by atoms with E-state index in [1.54, 1.807) is 41.5 Å². The zero-order valence-corrected chi connectivity index (χ0v) is 28.5. The van der Waals surface area contributed by atoms with Gasteiger partial charge in [0.2, 0.25) is 5.60 Å². The third-order valence-electron chi connectivity index (χ3n) is 5.81. The summed E-state index contributed by atoms with van der Waals surface area (Å²) in [5, 5.41) is 19.4. The summed E-state index contributed by atoms with van der Waals surface area (Å²) in [4.78, 5) is 85.8. The van der Waals surface area contributed by atoms with Crippen molar-refractivity contribution in [3.05, 3.63) is 22.3 Å². The molecule has 3 rings (SSSR count). The molecule has 3 N–H and O–H groups in total. The fraction of sp³-hybridized carbons (Fsp3) is 0.571. The number of aliphatic carboxylic acids is 1. The summed E-state index contributed by atoms with van der Waals surface area (Å²) in [7, 11) is 0. The number of carboxylic acids is 1. The van der Waals surface area contributed by atoms with E-state index < -0.39 is 69.7 Å². The SMILES string of the molecule is CC(=O)OCC1=C(C(=O)O)N2C(=O)[C@@H](NC(=O)/C(=N\OC(C)(C)C(=O)OC(C)(C)C)c3csc(NC(=O)OC(C)(C)C)n3)[C@H]2SC1. The predicted octanol–water partition coefficient (Wildman–Crippen LogP) is 2.63. The van der Waals surface area contributed by atoms with Crippen LogP contribution < -0.4 is 10.6 Å². The maximum absolute atomic E-state index is 13.6. The standard InChI is InChI=1S/C28H37N5O11S2/c1-13(34)41-10-14-11-45-21-17(20(36)33(21)18(14)22(37)38)30-19(35)16(32-44-28(8,9)23(39)42-26(2,3)4)15-12-46-24(29-15)31-25(40)43-27(5,6)7/h12,17,21H,10-11H2,1-9H3,(H,30,35)(H,37,38)(H,29,31,40)/b32-16-/t17-,21-/m1/s1. The fourth-order valence-corrected chi connectivity index (χ4v) is 5.83. The molecule has 46 heavy (non-hydrogen) atoms. The van der Waals surface area contributed by atoms with Crippen molar-refractivity contribution in [2.45, 2.75) is 90.5 Å². The summed E-state index contributed by atoms with van der Waals surface area (Å²) < 4.78 is 15.6. The van der Waals surface area contributed by atoms with E-state index in [4.69, 9.17) is 19.0 Å². The van der Waals surface area contributed by atoms with Gasteiger partial charge in [-0.3, -0.25) is 24.6 Å². The molecule has 0 saturated carbocycles. The monoisotopic (exact) mass is 683 g/mol. The maximum Gasteiger partial charge on any atom is 0.413 e. The summed E-state index contributed by atoms with van der Waals surface area (Å²) in [6.07, 6.45) is -0.788. The molecule has 1 aromatic heterocycles. The van der Waals surface area contributed by atoms with Crippen LogP contribution in [0.2, 0.25) is 0 Å². The second-order valence-corrected chi connectivity index (χ2v) is 14.6. The van der Waals surface area contributed by atoms with Gasteiger partial charge in [-0.05, 0) is 55.4 Å². The second-order valence-electron chi connectivity index (χ2n) is 12.6. The van der Waals surface area contributed by atoms with E-state index in [0.29, 0.717) is 0 Å². The molecule has 0 unspecified atom stereocenters. The lowest BCUT2D eigenvalue weighted by molar-refractivity contribution is -0.179. The van der Waals surface area contributed by atoms with Gasteiger partial charge in [0.15, 0.2) is 10.8 Å². The third-order valence-corrected chi connectivity index (χ3v) is 7.91. The number of thioether (sulfide) groups is 1. The minimum atomic E-state index is -1.66. The quantitative estimate of drug-likeness (QED) is 0.107. The number of carboxylic acid groups (broad SMARTS) is 1. The summed E-state index contributed by atoms with van der Waals surface area (Å²) in [6, 6.07) is -1.16. The van der Waals surface area contributed by atoms with Gasteiger partial charge >= 0.3 is 24.0 Å². The summed E-state index contributed by atoms with van der Waals surface area (Å²) >= 11 is 2.12. The highest BCUT2D eigenvalue weighted by atomic mass is 32.2. The van der Waals surface area contributed by atoms with Crippen LogP contribution in [0.1, 0.15) is 68.0 Å². The number of oxime groups is 1. The number of amides is 3. The molecule has 1 aromatic rings. The number of hydrogen-bond acceptors (Lipinski definition) is 14. The number of carbonyl (C=O) groups is 6. The van der Waals surface area contributed by atoms with E-state index in [1.165, 1.54) is 37.9 Å². The van der Waals surface area contributed by atoms with Gasteiger partial charge in [-0.25, -0.2) is 19.4 Å². The molecule has 1 saturated heterocycles. The zero-order chi connectivity index (χ0) is 34.8. The first-order chi connectivity index (χ1) is 21.1. The first-order valence-corrected chi connectivity index (χ1v) is 15.8. The predicted molar refractivity (Wildman–Crippen MR) is 166 cm³/mol. The molecule has 0 bridgehead atoms. The maximum atomic E-state index is 13.6. The van der Waals surface area contributed by atoms with Crippen LogP contribution >= 0.6 is 23.1 Å². The van der Waals surface area contributed by atoms with Crippen LogP contribution in [-0.4, -0.2) is 97.1 Å². The Morgan fingerprint density at radius 3 is 2.26 bits per heavy atom. The van der Waals surface area contributed by atoms with Gasteiger partial charge in [0.1, 0.15) is 40.6 Å². The number of fused-ring (bicyclic) bond motifs is 1. The molecule has 0 aromatic carbocycles. The average Bonchev–Trinajstić information content (AvgIpc) is 3.35. The average molecular weight is 684 g/mol. The van der Waals surface area contributed by atoms with Crippen molar-refractivity contribution < 1.29 is 52.9 Å². The van der Waals surface area contributed by atoms with Crippen LogP contribution in [-0.2, 0) is 43.0 Å². The van der Waals surface area contributed by atoms with Crippen LogP contribution in [0.15, 0.2) is 21.8 Å². The normalized spacial score (nSPS) is 18.6. The van der Waals surface area contributed by atoms with E-state index in [0.717, 1.165) is 16.2 Å². The highest BCUT2D eigenvalue weighted by molar-refractivity contribution is 8.00. The highest BCUT2D eigenvalue weighted by Crippen LogP contribution is 2.40. The molecule has 1 fully saturated rings. The Balaban J connectivity index is 1.88. The molecule has 2 atom stereocenters. The first kappa shape index (κ1) is 36.3. The van der Waals surface area contributed by atoms with Crippen molar-refractivity contribution in [1.82, 2.24) is 15.2 Å². The molecule has 252 valence electrons. The van der Waals surface area contributed by atoms with Crippen molar-refractivity contribution in [2.24, 2.45) is 5.16 Å². The Bertz CT molecular complexity index is 1490. The van der Waals surface area contributed by atoms with Crippen molar-refractivity contribution in [1.29, 1.82) is 0 Å². The van der Waals surface area contributed by atoms with Gasteiger partial charge in [0.05, 0.1) is 0 Å². The second kappa shape index (κ2) is 13.7. The first-order valence-electron chi connectivity index (χ1n) is 13.9. The number of anilines is 1. The van der Waals surface area contributed by atoms with Crippen LogP contribution in [0.25, 0.3) is 0 Å².